The molecule has 0 amide bonds. The molecule has 4 heteroatoms. The van der Waals surface area contributed by atoms with Crippen LogP contribution >= 0.6 is 0 Å². The van der Waals surface area contributed by atoms with Gasteiger partial charge in [0.05, 0.1) is 0 Å². The topological polar surface area (TPSA) is 0 Å². The Balaban J connectivity index is 0. The summed E-state index contributed by atoms with van der Waals surface area (Å²) in [7, 11) is 0. The molecule has 0 heterocycles. The van der Waals surface area contributed by atoms with Crippen LogP contribution in [0.15, 0.2) is 0 Å². The molecule has 4 heavy (non-hydrogen) atoms. The Kier molecular flexibility index (Phi) is 90.1. The zero-order chi connectivity index (χ0) is 0. The predicted octanol–water partition coefficient (Wildman–Crippen LogP) is -1.52. The van der Waals surface area contributed by atoms with Gasteiger partial charge in [-0.3, -0.25) is 0 Å². The summed E-state index contributed by atoms with van der Waals surface area (Å²) in [6.07, 6.45) is 0. The number of rotatable bonds is 0. The first kappa shape index (κ1) is 23.0. The van der Waals surface area contributed by atoms with Gasteiger partial charge in [-0.05, 0) is 0 Å². The van der Waals surface area contributed by atoms with Gasteiger partial charge in [-0.1, -0.05) is 0 Å². The van der Waals surface area contributed by atoms with E-state index in [1.54, 1.807) is 0 Å². The van der Waals surface area contributed by atoms with Crippen LogP contribution in [0.2, 0.25) is 0 Å². The molecule has 0 aromatic heterocycles. The van der Waals surface area contributed by atoms with Crippen molar-refractivity contribution in [2.45, 2.75) is 0 Å². The van der Waals surface area contributed by atoms with E-state index in [2.05, 4.69) is 0 Å². The van der Waals surface area contributed by atoms with E-state index in [1.807, 2.05) is 0 Å². The second kappa shape index (κ2) is 15.7. The fourth-order valence-electron chi connectivity index (χ4n) is 0. The summed E-state index contributed by atoms with van der Waals surface area (Å²) in [5.41, 5.74) is 0. The van der Waals surface area contributed by atoms with Crippen molar-refractivity contribution in [1.82, 2.24) is 0 Å². The van der Waals surface area contributed by atoms with Crippen LogP contribution in [0.4, 0.5) is 0 Å². The quantitative estimate of drug-likeness (QED) is 0.475. The molecule has 0 atom stereocenters. The van der Waals surface area contributed by atoms with Crippen LogP contribution in [0.5, 0.6) is 0 Å². The number of hydrogen-bond donors (Lipinski definition) is 0. The average molecular weight is 289 g/mol. The van der Waals surface area contributed by atoms with E-state index >= 15 is 0 Å². The minimum atomic E-state index is 0. The molecule has 0 spiro atoms. The van der Waals surface area contributed by atoms with Gasteiger partial charge in [0.15, 0.2) is 0 Å². The summed E-state index contributed by atoms with van der Waals surface area (Å²) in [6.45, 7) is 0. The molecule has 0 fully saturated rings. The SMILES string of the molecule is [Ba].[Ca].[Mg].[Sr]. The first-order valence-electron chi connectivity index (χ1n) is 0. The molecule has 0 aliphatic carbocycles. The van der Waals surface area contributed by atoms with Gasteiger partial charge in [-0.25, -0.2) is 0 Å². The third-order valence-corrected chi connectivity index (χ3v) is 0. The van der Waals surface area contributed by atoms with Gasteiger partial charge in [0.25, 0.3) is 0 Å². The average Bonchev–Trinajstić information content (AvgIpc) is 0. The Hall–Kier alpha value is 5.08. The molecule has 0 aliphatic rings. The van der Waals surface area contributed by atoms with Crippen molar-refractivity contribution in [2.24, 2.45) is 0 Å². The van der Waals surface area contributed by atoms with Crippen molar-refractivity contribution in [3.05, 3.63) is 0 Å². The van der Waals surface area contributed by atoms with Gasteiger partial charge >= 0.3 is 0 Å². The maximum Gasteiger partial charge on any atom is 0 e. The summed E-state index contributed by atoms with van der Waals surface area (Å²) in [4.78, 5) is 0. The summed E-state index contributed by atoms with van der Waals surface area (Å²) < 4.78 is 0. The van der Waals surface area contributed by atoms with Gasteiger partial charge in [0.1, 0.15) is 0 Å². The zero-order valence-corrected chi connectivity index (χ0v) is 14.4. The summed E-state index contributed by atoms with van der Waals surface area (Å²) in [5, 5.41) is 0. The summed E-state index contributed by atoms with van der Waals surface area (Å²) in [5.74, 6) is 0. The van der Waals surface area contributed by atoms with E-state index in [4.69, 9.17) is 0 Å². The van der Waals surface area contributed by atoms with Crippen LogP contribution in [0.1, 0.15) is 0 Å². The Bertz CT molecular complexity index is 8.00. The molecule has 0 saturated heterocycles. The van der Waals surface area contributed by atoms with Crippen LogP contribution in [-0.4, -0.2) is 155 Å². The van der Waals surface area contributed by atoms with Crippen LogP contribution in [0.3, 0.4) is 0 Å². The molecular weight excluding hydrogens is 289 g/mol. The molecular formula is BaCaMgSr. The van der Waals surface area contributed by atoms with Crippen LogP contribution in [-0.2, 0) is 0 Å². The molecule has 0 N–H and O–H groups in total. The van der Waals surface area contributed by atoms with E-state index in [9.17, 15) is 0 Å². The van der Waals surface area contributed by atoms with E-state index in [0.717, 1.165) is 0 Å². The molecule has 0 bridgehead atoms. The molecule has 0 rings (SSSR count). The van der Waals surface area contributed by atoms with E-state index in [0.29, 0.717) is 0 Å². The van der Waals surface area contributed by atoms with Crippen LogP contribution in [0, 0.1) is 0 Å². The van der Waals surface area contributed by atoms with Crippen molar-refractivity contribution >= 4 is 155 Å². The second-order valence-electron chi connectivity index (χ2n) is 0. The number of hydrogen-bond acceptors (Lipinski definition) is 0. The molecule has 0 aliphatic heterocycles. The van der Waals surface area contributed by atoms with E-state index in [-0.39, 0.29) is 155 Å². The fourth-order valence-corrected chi connectivity index (χ4v) is 0. The van der Waals surface area contributed by atoms with E-state index in [1.165, 1.54) is 0 Å². The Morgan fingerprint density at radius 3 is 1.00 bits per heavy atom. The van der Waals surface area contributed by atoms with Gasteiger partial charge in [-0.2, -0.15) is 0 Å². The second-order valence-corrected chi connectivity index (χ2v) is 0. The molecule has 0 unspecified atom stereocenters. The molecule has 0 nitrogen and oxygen atoms in total. The van der Waals surface area contributed by atoms with Crippen molar-refractivity contribution < 1.29 is 0 Å². The Labute approximate surface area is 150 Å². The van der Waals surface area contributed by atoms with Crippen molar-refractivity contribution in [2.75, 3.05) is 0 Å². The van der Waals surface area contributed by atoms with Gasteiger partial charge in [0, 0.05) is 155 Å². The largest absolute Gasteiger partial charge is 0 e. The molecule has 8 valence electrons. The first-order valence-corrected chi connectivity index (χ1v) is 0. The van der Waals surface area contributed by atoms with Crippen molar-refractivity contribution in [3.63, 3.8) is 0 Å². The zero-order valence-electron chi connectivity index (χ0n) is 2.83. The molecule has 0 saturated carbocycles. The molecule has 0 aromatic carbocycles. The van der Waals surface area contributed by atoms with Crippen molar-refractivity contribution in [1.29, 1.82) is 0 Å². The van der Waals surface area contributed by atoms with Crippen molar-refractivity contribution in [3.8, 4) is 0 Å². The monoisotopic (exact) mass is 290 g/mol. The minimum absolute atomic E-state index is 0. The fraction of sp³-hybridized carbons (Fsp3) is 0. The first-order chi connectivity index (χ1) is 0. The van der Waals surface area contributed by atoms with Crippen LogP contribution in [0.25, 0.3) is 0 Å². The standard InChI is InChI=1S/Ba.Ca.Mg.Sr. The minimum Gasteiger partial charge on any atom is 0 e. The van der Waals surface area contributed by atoms with Crippen LogP contribution < -0.4 is 0 Å². The van der Waals surface area contributed by atoms with Gasteiger partial charge in [0.2, 0.25) is 0 Å². The third kappa shape index (κ3) is 10.1. The van der Waals surface area contributed by atoms with Gasteiger partial charge in [-0.15, -0.1) is 0 Å². The van der Waals surface area contributed by atoms with E-state index < -0.39 is 0 Å². The molecule has 0 aromatic rings. The Morgan fingerprint density at radius 1 is 1.00 bits per heavy atom. The predicted molar refractivity (Wildman–Crippen MR) is 23.0 cm³/mol. The maximum absolute atomic E-state index is 0. The third-order valence-electron chi connectivity index (χ3n) is 0. The smallest absolute Gasteiger partial charge is 0 e. The maximum atomic E-state index is 0. The normalized spacial score (nSPS) is 0. The summed E-state index contributed by atoms with van der Waals surface area (Å²) in [6, 6.07) is 0. The molecule has 8 radical (unpaired) electrons. The summed E-state index contributed by atoms with van der Waals surface area (Å²) >= 11 is 0. The Morgan fingerprint density at radius 2 is 1.00 bits per heavy atom. The van der Waals surface area contributed by atoms with Gasteiger partial charge < -0.3 is 0 Å².